The first-order valence-corrected chi connectivity index (χ1v) is 18.6. The molecular weight excluding hydrogens is 685 g/mol. The summed E-state index contributed by atoms with van der Waals surface area (Å²) < 4.78 is 12.5. The molecule has 266 valence electrons. The molecule has 2 heterocycles. The van der Waals surface area contributed by atoms with E-state index >= 15 is 0 Å². The number of pyridine rings is 2. The highest BCUT2D eigenvalue weighted by atomic mass is 16.5. The number of nitrogens with zero attached hydrogens (tertiary/aromatic N) is 2. The lowest BCUT2D eigenvalue weighted by molar-refractivity contribution is 0.469. The molecule has 0 saturated carbocycles. The second kappa shape index (κ2) is 15.8. The second-order valence-corrected chi connectivity index (χ2v) is 13.4. The van der Waals surface area contributed by atoms with Crippen molar-refractivity contribution in [2.45, 2.75) is 0 Å². The molecule has 0 fully saturated rings. The number of hydrogen-bond acceptors (Lipinski definition) is 4. The third-order valence-corrected chi connectivity index (χ3v) is 9.60. The van der Waals surface area contributed by atoms with Crippen LogP contribution in [0.2, 0.25) is 0 Å². The van der Waals surface area contributed by atoms with Crippen molar-refractivity contribution >= 4 is 0 Å². The van der Waals surface area contributed by atoms with E-state index in [9.17, 15) is 0 Å². The van der Waals surface area contributed by atoms with Crippen LogP contribution in [0, 0.1) is 0 Å². The van der Waals surface area contributed by atoms with E-state index in [4.69, 9.17) is 19.4 Å². The van der Waals surface area contributed by atoms with Gasteiger partial charge in [-0.25, -0.2) is 9.97 Å². The van der Waals surface area contributed by atoms with Crippen LogP contribution in [0.3, 0.4) is 0 Å². The summed E-state index contributed by atoms with van der Waals surface area (Å²) in [7, 11) is 0. The van der Waals surface area contributed by atoms with Crippen LogP contribution in [-0.2, 0) is 0 Å². The van der Waals surface area contributed by atoms with E-state index in [1.165, 1.54) is 0 Å². The Hall–Kier alpha value is -7.56. The summed E-state index contributed by atoms with van der Waals surface area (Å²) in [5.74, 6) is 2.95. The smallest absolute Gasteiger partial charge is 0.127 e. The maximum Gasteiger partial charge on any atom is 0.127 e. The van der Waals surface area contributed by atoms with Crippen molar-refractivity contribution in [3.8, 4) is 90.3 Å². The SMILES string of the molecule is c1ccc(-c2cc(-c3ccc(Oc4ccc(Oc5ccc(-c6cc(-c7ccccc7)nc(-c7ccccc7)c6)cc5)cc4)cc3)cc(-c3ccccc3)n2)cc1. The molecule has 4 heteroatoms. The Morgan fingerprint density at radius 3 is 0.696 bits per heavy atom. The minimum absolute atomic E-state index is 0.725. The average molecular weight is 721 g/mol. The van der Waals surface area contributed by atoms with Crippen molar-refractivity contribution in [3.63, 3.8) is 0 Å². The Kier molecular flexibility index (Phi) is 9.66. The van der Waals surface area contributed by atoms with Gasteiger partial charge < -0.3 is 9.47 Å². The van der Waals surface area contributed by atoms with E-state index < -0.39 is 0 Å². The van der Waals surface area contributed by atoms with Gasteiger partial charge in [0.2, 0.25) is 0 Å². The summed E-state index contributed by atoms with van der Waals surface area (Å²) >= 11 is 0. The molecule has 0 radical (unpaired) electrons. The zero-order valence-electron chi connectivity index (χ0n) is 30.5. The van der Waals surface area contributed by atoms with Gasteiger partial charge in [-0.15, -0.1) is 0 Å². The van der Waals surface area contributed by atoms with E-state index in [-0.39, 0.29) is 0 Å². The lowest BCUT2D eigenvalue weighted by atomic mass is 10.00. The van der Waals surface area contributed by atoms with Crippen LogP contribution in [0.4, 0.5) is 0 Å². The lowest BCUT2D eigenvalue weighted by Crippen LogP contribution is -1.91. The van der Waals surface area contributed by atoms with Gasteiger partial charge in [0.05, 0.1) is 22.8 Å². The highest BCUT2D eigenvalue weighted by molar-refractivity contribution is 5.78. The van der Waals surface area contributed by atoms with Crippen molar-refractivity contribution in [1.29, 1.82) is 0 Å². The molecule has 0 N–H and O–H groups in total. The fourth-order valence-corrected chi connectivity index (χ4v) is 6.70. The van der Waals surface area contributed by atoms with Crippen molar-refractivity contribution in [1.82, 2.24) is 9.97 Å². The summed E-state index contributed by atoms with van der Waals surface area (Å²) in [5.41, 5.74) is 12.4. The van der Waals surface area contributed by atoms with Crippen molar-refractivity contribution in [3.05, 3.63) is 218 Å². The van der Waals surface area contributed by atoms with Gasteiger partial charge in [-0.05, 0) is 95.1 Å². The quantitative estimate of drug-likeness (QED) is 0.141. The van der Waals surface area contributed by atoms with Crippen molar-refractivity contribution < 1.29 is 9.47 Å². The average Bonchev–Trinajstić information content (AvgIpc) is 3.28. The van der Waals surface area contributed by atoms with Crippen LogP contribution in [0.1, 0.15) is 0 Å². The molecule has 9 rings (SSSR count). The van der Waals surface area contributed by atoms with E-state index in [2.05, 4.69) is 97.1 Å². The normalized spacial score (nSPS) is 10.9. The zero-order chi connectivity index (χ0) is 37.5. The van der Waals surface area contributed by atoms with Crippen LogP contribution in [0.25, 0.3) is 67.3 Å². The zero-order valence-corrected chi connectivity index (χ0v) is 30.5. The molecule has 0 saturated heterocycles. The third kappa shape index (κ3) is 7.86. The van der Waals surface area contributed by atoms with Gasteiger partial charge in [0, 0.05) is 22.3 Å². The number of hydrogen-bond donors (Lipinski definition) is 0. The third-order valence-electron chi connectivity index (χ3n) is 9.60. The van der Waals surface area contributed by atoms with E-state index in [0.29, 0.717) is 0 Å². The molecular formula is C52H36N2O2. The minimum Gasteiger partial charge on any atom is -0.457 e. The van der Waals surface area contributed by atoms with Crippen LogP contribution in [-0.4, -0.2) is 9.97 Å². The number of ether oxygens (including phenoxy) is 2. The van der Waals surface area contributed by atoms with E-state index in [0.717, 1.165) is 90.3 Å². The summed E-state index contributed by atoms with van der Waals surface area (Å²) in [4.78, 5) is 10.0. The second-order valence-electron chi connectivity index (χ2n) is 13.4. The predicted molar refractivity (Wildman–Crippen MR) is 228 cm³/mol. The predicted octanol–water partition coefficient (Wildman–Crippen LogP) is 14.1. The van der Waals surface area contributed by atoms with Gasteiger partial charge in [0.25, 0.3) is 0 Å². The van der Waals surface area contributed by atoms with Crippen LogP contribution >= 0.6 is 0 Å². The fraction of sp³-hybridized carbons (Fsp3) is 0. The summed E-state index contributed by atoms with van der Waals surface area (Å²) in [6.45, 7) is 0. The molecule has 0 atom stereocenters. The minimum atomic E-state index is 0.725. The molecule has 9 aromatic rings. The maximum absolute atomic E-state index is 6.24. The van der Waals surface area contributed by atoms with Gasteiger partial charge in [-0.2, -0.15) is 0 Å². The molecule has 0 aliphatic heterocycles. The van der Waals surface area contributed by atoms with Crippen LogP contribution in [0.5, 0.6) is 23.0 Å². The number of rotatable bonds is 10. The Morgan fingerprint density at radius 1 is 0.214 bits per heavy atom. The largest absolute Gasteiger partial charge is 0.457 e. The highest BCUT2D eigenvalue weighted by Crippen LogP contribution is 2.34. The van der Waals surface area contributed by atoms with Gasteiger partial charge in [-0.3, -0.25) is 0 Å². The topological polar surface area (TPSA) is 44.2 Å². The van der Waals surface area contributed by atoms with Crippen molar-refractivity contribution in [2.75, 3.05) is 0 Å². The highest BCUT2D eigenvalue weighted by Gasteiger charge is 2.11. The summed E-state index contributed by atoms with van der Waals surface area (Å²) in [6, 6.07) is 73.8. The van der Waals surface area contributed by atoms with E-state index in [1.807, 2.05) is 121 Å². The van der Waals surface area contributed by atoms with Gasteiger partial charge in [0.1, 0.15) is 23.0 Å². The van der Waals surface area contributed by atoms with Gasteiger partial charge in [-0.1, -0.05) is 146 Å². The summed E-state index contributed by atoms with van der Waals surface area (Å²) in [5, 5.41) is 0. The Labute approximate surface area is 327 Å². The molecule has 7 aromatic carbocycles. The molecule has 0 aliphatic carbocycles. The molecule has 56 heavy (non-hydrogen) atoms. The molecule has 0 aliphatic rings. The summed E-state index contributed by atoms with van der Waals surface area (Å²) in [6.07, 6.45) is 0. The Balaban J connectivity index is 0.891. The van der Waals surface area contributed by atoms with Crippen LogP contribution in [0.15, 0.2) is 218 Å². The van der Waals surface area contributed by atoms with Gasteiger partial charge >= 0.3 is 0 Å². The molecule has 0 bridgehead atoms. The Bertz CT molecular complexity index is 2380. The van der Waals surface area contributed by atoms with Crippen molar-refractivity contribution in [2.24, 2.45) is 0 Å². The molecule has 2 aromatic heterocycles. The molecule has 0 spiro atoms. The molecule has 4 nitrogen and oxygen atoms in total. The van der Waals surface area contributed by atoms with Gasteiger partial charge in [0.15, 0.2) is 0 Å². The van der Waals surface area contributed by atoms with Crippen LogP contribution < -0.4 is 9.47 Å². The fourth-order valence-electron chi connectivity index (χ4n) is 6.70. The van der Waals surface area contributed by atoms with E-state index in [1.54, 1.807) is 0 Å². The maximum atomic E-state index is 6.24. The standard InChI is InChI=1S/C52H36N2O2/c1-5-13-39(14-6-1)49-33-43(34-50(53-49)40-15-7-2-8-16-40)37-21-25-45(26-22-37)55-47-29-31-48(32-30-47)56-46-27-23-38(24-28-46)44-35-51(41-17-9-3-10-18-41)54-52(36-44)42-19-11-4-12-20-42/h1-36H. The molecule has 0 unspecified atom stereocenters. The number of aromatic nitrogens is 2. The molecule has 0 amide bonds. The monoisotopic (exact) mass is 720 g/mol. The first-order chi connectivity index (χ1) is 27.7. The number of benzene rings is 7. The Morgan fingerprint density at radius 2 is 0.446 bits per heavy atom. The first-order valence-electron chi connectivity index (χ1n) is 18.6. The first kappa shape index (κ1) is 34.2. The lowest BCUT2D eigenvalue weighted by Gasteiger charge is -2.12.